The molecule has 1 N–H and O–H groups in total. The summed E-state index contributed by atoms with van der Waals surface area (Å²) in [5.74, 6) is 1.14. The van der Waals surface area contributed by atoms with E-state index in [1.165, 1.54) is 5.56 Å². The third-order valence-corrected chi connectivity index (χ3v) is 5.03. The van der Waals surface area contributed by atoms with Gasteiger partial charge in [0.1, 0.15) is 6.61 Å². The van der Waals surface area contributed by atoms with Crippen LogP contribution in [0.15, 0.2) is 66.7 Å². The Morgan fingerprint density at radius 1 is 0.862 bits per heavy atom. The maximum atomic E-state index is 6.46. The van der Waals surface area contributed by atoms with Crippen molar-refractivity contribution in [3.05, 3.63) is 93.5 Å². The predicted octanol–water partition coefficient (Wildman–Crippen LogP) is 6.34. The molecule has 0 bridgehead atoms. The second-order valence-corrected chi connectivity index (χ2v) is 7.22. The summed E-state index contributed by atoms with van der Waals surface area (Å²) < 4.78 is 11.4. The van der Waals surface area contributed by atoms with Gasteiger partial charge in [0.25, 0.3) is 0 Å². The number of nitrogens with one attached hydrogen (secondary N) is 1. The Balaban J connectivity index is 0.00000300. The number of rotatable bonds is 9. The summed E-state index contributed by atoms with van der Waals surface area (Å²) in [6.45, 7) is 1.91. The van der Waals surface area contributed by atoms with Crippen LogP contribution in [0.5, 0.6) is 11.5 Å². The highest BCUT2D eigenvalue weighted by Crippen LogP contribution is 2.37. The van der Waals surface area contributed by atoms with Crippen molar-refractivity contribution in [1.82, 2.24) is 5.32 Å². The molecule has 0 unspecified atom stereocenters. The Bertz CT molecular complexity index is 904. The Morgan fingerprint density at radius 2 is 1.59 bits per heavy atom. The van der Waals surface area contributed by atoms with Gasteiger partial charge in [-0.2, -0.15) is 0 Å². The van der Waals surface area contributed by atoms with E-state index in [1.54, 1.807) is 7.11 Å². The molecule has 0 aliphatic heterocycles. The van der Waals surface area contributed by atoms with Crippen LogP contribution in [0.25, 0.3) is 0 Å². The molecular weight excluding hydrogens is 429 g/mol. The Labute approximate surface area is 188 Å². The lowest BCUT2D eigenvalue weighted by atomic mass is 10.1. The van der Waals surface area contributed by atoms with Crippen molar-refractivity contribution >= 4 is 35.6 Å². The van der Waals surface area contributed by atoms with E-state index in [1.807, 2.05) is 42.5 Å². The van der Waals surface area contributed by atoms with Crippen LogP contribution in [0.2, 0.25) is 10.0 Å². The molecule has 6 heteroatoms. The monoisotopic (exact) mass is 451 g/mol. The van der Waals surface area contributed by atoms with Crippen molar-refractivity contribution in [2.75, 3.05) is 13.7 Å². The minimum Gasteiger partial charge on any atom is -0.493 e. The zero-order chi connectivity index (χ0) is 19.8. The molecule has 0 aromatic heterocycles. The minimum atomic E-state index is 0. The van der Waals surface area contributed by atoms with Gasteiger partial charge in [0.05, 0.1) is 12.1 Å². The SMILES string of the molecule is COc1cc(CNCCc2ccccc2)cc(Cl)c1OCc1ccccc1Cl.Cl. The molecule has 0 saturated carbocycles. The van der Waals surface area contributed by atoms with Gasteiger partial charge in [0, 0.05) is 17.1 Å². The van der Waals surface area contributed by atoms with Gasteiger partial charge in [-0.25, -0.2) is 0 Å². The molecule has 0 atom stereocenters. The van der Waals surface area contributed by atoms with Gasteiger partial charge in [-0.15, -0.1) is 12.4 Å². The van der Waals surface area contributed by atoms with Crippen LogP contribution in [0.4, 0.5) is 0 Å². The van der Waals surface area contributed by atoms with Crippen LogP contribution < -0.4 is 14.8 Å². The normalized spacial score (nSPS) is 10.3. The van der Waals surface area contributed by atoms with E-state index >= 15 is 0 Å². The van der Waals surface area contributed by atoms with E-state index < -0.39 is 0 Å². The van der Waals surface area contributed by atoms with Crippen LogP contribution in [0.3, 0.4) is 0 Å². The van der Waals surface area contributed by atoms with Crippen LogP contribution in [-0.2, 0) is 19.6 Å². The van der Waals surface area contributed by atoms with Gasteiger partial charge in [-0.1, -0.05) is 71.7 Å². The van der Waals surface area contributed by atoms with Crippen molar-refractivity contribution < 1.29 is 9.47 Å². The third kappa shape index (κ3) is 6.83. The first-order valence-electron chi connectivity index (χ1n) is 9.14. The van der Waals surface area contributed by atoms with Gasteiger partial charge in [-0.3, -0.25) is 0 Å². The Hall–Kier alpha value is -1.91. The highest BCUT2D eigenvalue weighted by Gasteiger charge is 2.13. The molecule has 0 radical (unpaired) electrons. The standard InChI is InChI=1S/C23H23Cl2NO2.ClH/c1-27-22-14-18(15-26-12-11-17-7-3-2-4-8-17)13-21(25)23(22)28-16-19-9-5-6-10-20(19)24;/h2-10,13-14,26H,11-12,15-16H2,1H3;1H. The van der Waals surface area contributed by atoms with Gasteiger partial charge in [0.2, 0.25) is 0 Å². The summed E-state index contributed by atoms with van der Waals surface area (Å²) in [6, 6.07) is 21.8. The van der Waals surface area contributed by atoms with Crippen molar-refractivity contribution in [2.45, 2.75) is 19.6 Å². The summed E-state index contributed by atoms with van der Waals surface area (Å²) in [5, 5.41) is 4.62. The van der Waals surface area contributed by atoms with Crippen LogP contribution in [-0.4, -0.2) is 13.7 Å². The first-order valence-corrected chi connectivity index (χ1v) is 9.90. The summed E-state index contributed by atoms with van der Waals surface area (Å²) in [5.41, 5.74) is 3.25. The average molecular weight is 453 g/mol. The number of methoxy groups -OCH3 is 1. The molecule has 0 amide bonds. The van der Waals surface area contributed by atoms with Gasteiger partial charge in [0.15, 0.2) is 11.5 Å². The smallest absolute Gasteiger partial charge is 0.180 e. The molecule has 0 fully saturated rings. The molecular formula is C23H24Cl3NO2. The highest BCUT2D eigenvalue weighted by molar-refractivity contribution is 6.32. The third-order valence-electron chi connectivity index (χ3n) is 4.38. The largest absolute Gasteiger partial charge is 0.493 e. The van der Waals surface area contributed by atoms with Crippen LogP contribution in [0.1, 0.15) is 16.7 Å². The summed E-state index contributed by atoms with van der Waals surface area (Å²) in [4.78, 5) is 0. The first-order chi connectivity index (χ1) is 13.7. The Kier molecular flexibility index (Phi) is 9.62. The van der Waals surface area contributed by atoms with Crippen molar-refractivity contribution in [3.63, 3.8) is 0 Å². The van der Waals surface area contributed by atoms with Crippen LogP contribution in [0, 0.1) is 0 Å². The van der Waals surface area contributed by atoms with E-state index in [0.29, 0.717) is 34.7 Å². The zero-order valence-electron chi connectivity index (χ0n) is 16.2. The average Bonchev–Trinajstić information content (AvgIpc) is 2.72. The van der Waals surface area contributed by atoms with E-state index in [0.717, 1.165) is 24.1 Å². The van der Waals surface area contributed by atoms with Crippen molar-refractivity contribution in [3.8, 4) is 11.5 Å². The van der Waals surface area contributed by atoms with Gasteiger partial charge >= 0.3 is 0 Å². The summed E-state index contributed by atoms with van der Waals surface area (Å²) in [7, 11) is 1.61. The number of ether oxygens (including phenoxy) is 2. The molecule has 0 aliphatic rings. The molecule has 3 rings (SSSR count). The highest BCUT2D eigenvalue weighted by atomic mass is 35.5. The molecule has 3 nitrogen and oxygen atoms in total. The van der Waals surface area contributed by atoms with Gasteiger partial charge in [-0.05, 0) is 42.3 Å². The minimum absolute atomic E-state index is 0. The molecule has 0 heterocycles. The van der Waals surface area contributed by atoms with Crippen molar-refractivity contribution in [2.24, 2.45) is 0 Å². The fourth-order valence-corrected chi connectivity index (χ4v) is 3.37. The second-order valence-electron chi connectivity index (χ2n) is 6.40. The summed E-state index contributed by atoms with van der Waals surface area (Å²) in [6.07, 6.45) is 0.977. The molecule has 0 saturated heterocycles. The maximum Gasteiger partial charge on any atom is 0.180 e. The number of halogens is 3. The van der Waals surface area contributed by atoms with E-state index in [2.05, 4.69) is 29.6 Å². The molecule has 3 aromatic carbocycles. The van der Waals surface area contributed by atoms with Crippen LogP contribution >= 0.6 is 35.6 Å². The molecule has 3 aromatic rings. The quantitative estimate of drug-likeness (QED) is 0.384. The molecule has 29 heavy (non-hydrogen) atoms. The summed E-state index contributed by atoms with van der Waals surface area (Å²) >= 11 is 12.7. The molecule has 154 valence electrons. The fraction of sp³-hybridized carbons (Fsp3) is 0.217. The molecule has 0 aliphatic carbocycles. The van der Waals surface area contributed by atoms with Crippen molar-refractivity contribution in [1.29, 1.82) is 0 Å². The lowest BCUT2D eigenvalue weighted by molar-refractivity contribution is 0.284. The predicted molar refractivity (Wildman–Crippen MR) is 123 cm³/mol. The lowest BCUT2D eigenvalue weighted by Crippen LogP contribution is -2.16. The number of hydrogen-bond donors (Lipinski definition) is 1. The maximum absolute atomic E-state index is 6.46. The van der Waals surface area contributed by atoms with E-state index in [-0.39, 0.29) is 12.4 Å². The number of hydrogen-bond acceptors (Lipinski definition) is 3. The van der Waals surface area contributed by atoms with E-state index in [9.17, 15) is 0 Å². The number of benzene rings is 3. The topological polar surface area (TPSA) is 30.5 Å². The lowest BCUT2D eigenvalue weighted by Gasteiger charge is -2.15. The first kappa shape index (κ1) is 23.4. The second kappa shape index (κ2) is 11.9. The fourth-order valence-electron chi connectivity index (χ4n) is 2.89. The zero-order valence-corrected chi connectivity index (χ0v) is 18.5. The van der Waals surface area contributed by atoms with E-state index in [4.69, 9.17) is 32.7 Å². The van der Waals surface area contributed by atoms with Gasteiger partial charge < -0.3 is 14.8 Å². The Morgan fingerprint density at radius 3 is 2.31 bits per heavy atom. The molecule has 0 spiro atoms.